The zero-order valence-electron chi connectivity index (χ0n) is 17.7. The van der Waals surface area contributed by atoms with Crippen molar-refractivity contribution < 1.29 is 33.0 Å². The molecule has 3 aromatic carbocycles. The third-order valence-electron chi connectivity index (χ3n) is 5.38. The molecule has 1 unspecified atom stereocenters. The average Bonchev–Trinajstić information content (AvgIpc) is 3.09. The van der Waals surface area contributed by atoms with Gasteiger partial charge in [-0.3, -0.25) is 14.5 Å². The van der Waals surface area contributed by atoms with Gasteiger partial charge in [-0.25, -0.2) is 8.78 Å². The monoisotopic (exact) mass is 451 g/mol. The van der Waals surface area contributed by atoms with Gasteiger partial charge in [0.2, 0.25) is 0 Å². The Morgan fingerprint density at radius 3 is 2.27 bits per heavy atom. The second-order valence-corrected chi connectivity index (χ2v) is 7.27. The summed E-state index contributed by atoms with van der Waals surface area (Å²) in [5, 5.41) is 11.2. The van der Waals surface area contributed by atoms with Crippen LogP contribution in [0.15, 0.2) is 72.3 Å². The zero-order chi connectivity index (χ0) is 23.7. The highest BCUT2D eigenvalue weighted by molar-refractivity contribution is 6.51. The normalized spacial score (nSPS) is 17.3. The summed E-state index contributed by atoms with van der Waals surface area (Å²) in [6, 6.07) is 13.8. The zero-order valence-corrected chi connectivity index (χ0v) is 17.7. The van der Waals surface area contributed by atoms with Gasteiger partial charge in [-0.2, -0.15) is 0 Å². The van der Waals surface area contributed by atoms with E-state index in [2.05, 4.69) is 0 Å². The number of methoxy groups -OCH3 is 2. The standard InChI is InChI=1S/C25H19F2NO5/c1-32-18-10-11-20(33-2)19(13-18)23(29)21-22(14-6-8-15(26)9-7-14)28(25(31)24(21)30)17-5-3-4-16(27)12-17/h3-13,22,29H,1-2H3/b23-21+. The molecule has 4 rings (SSSR count). The molecule has 8 heteroatoms. The molecule has 3 aromatic rings. The van der Waals surface area contributed by atoms with Gasteiger partial charge in [0.15, 0.2) is 0 Å². The fraction of sp³-hybridized carbons (Fsp3) is 0.120. The number of amides is 1. The Kier molecular flexibility index (Phi) is 5.83. The molecule has 1 N–H and O–H groups in total. The highest BCUT2D eigenvalue weighted by Gasteiger charge is 2.47. The fourth-order valence-corrected chi connectivity index (χ4v) is 3.83. The smallest absolute Gasteiger partial charge is 0.300 e. The number of nitrogens with zero attached hydrogens (tertiary/aromatic N) is 1. The summed E-state index contributed by atoms with van der Waals surface area (Å²) >= 11 is 0. The summed E-state index contributed by atoms with van der Waals surface area (Å²) in [7, 11) is 2.83. The van der Waals surface area contributed by atoms with Gasteiger partial charge in [0.1, 0.15) is 28.9 Å². The van der Waals surface area contributed by atoms with Crippen molar-refractivity contribution in [2.45, 2.75) is 6.04 Å². The van der Waals surface area contributed by atoms with E-state index < -0.39 is 35.1 Å². The number of hydrogen-bond donors (Lipinski definition) is 1. The third-order valence-corrected chi connectivity index (χ3v) is 5.38. The molecule has 0 spiro atoms. The Balaban J connectivity index is 1.99. The molecule has 0 radical (unpaired) electrons. The molecule has 1 atom stereocenters. The maximum Gasteiger partial charge on any atom is 0.300 e. The highest BCUT2D eigenvalue weighted by Crippen LogP contribution is 2.43. The van der Waals surface area contributed by atoms with Gasteiger partial charge >= 0.3 is 0 Å². The summed E-state index contributed by atoms with van der Waals surface area (Å²) < 4.78 is 38.1. The lowest BCUT2D eigenvalue weighted by molar-refractivity contribution is -0.132. The van der Waals surface area contributed by atoms with Gasteiger partial charge in [0.05, 0.1) is 31.4 Å². The predicted octanol–water partition coefficient (Wildman–Crippen LogP) is 4.61. The van der Waals surface area contributed by atoms with E-state index in [-0.39, 0.29) is 22.6 Å². The van der Waals surface area contributed by atoms with Gasteiger partial charge < -0.3 is 14.6 Å². The number of halogens is 2. The topological polar surface area (TPSA) is 76.1 Å². The summed E-state index contributed by atoms with van der Waals surface area (Å²) in [6.45, 7) is 0. The van der Waals surface area contributed by atoms with Crippen LogP contribution in [0.2, 0.25) is 0 Å². The summed E-state index contributed by atoms with van der Waals surface area (Å²) in [6.07, 6.45) is 0. The van der Waals surface area contributed by atoms with Gasteiger partial charge in [0, 0.05) is 5.69 Å². The highest BCUT2D eigenvalue weighted by atomic mass is 19.1. The van der Waals surface area contributed by atoms with Crippen LogP contribution >= 0.6 is 0 Å². The molecular formula is C25H19F2NO5. The van der Waals surface area contributed by atoms with Gasteiger partial charge in [0.25, 0.3) is 11.7 Å². The Hall–Kier alpha value is -4.20. The number of anilines is 1. The number of rotatable bonds is 5. The number of aliphatic hydroxyl groups excluding tert-OH is 1. The molecule has 1 aliphatic rings. The van der Waals surface area contributed by atoms with Crippen LogP contribution in [0.4, 0.5) is 14.5 Å². The first-order valence-electron chi connectivity index (χ1n) is 9.90. The molecule has 0 bridgehead atoms. The Morgan fingerprint density at radius 2 is 1.64 bits per heavy atom. The SMILES string of the molecule is COc1ccc(OC)c(/C(O)=C2\C(=O)C(=O)N(c3cccc(F)c3)C2c2ccc(F)cc2)c1. The lowest BCUT2D eigenvalue weighted by atomic mass is 9.94. The van der Waals surface area contributed by atoms with E-state index in [1.165, 1.54) is 62.8 Å². The summed E-state index contributed by atoms with van der Waals surface area (Å²) in [4.78, 5) is 27.3. The molecular weight excluding hydrogens is 432 g/mol. The lowest BCUT2D eigenvalue weighted by Gasteiger charge is -2.25. The van der Waals surface area contributed by atoms with Crippen molar-refractivity contribution in [3.63, 3.8) is 0 Å². The van der Waals surface area contributed by atoms with E-state index in [1.807, 2.05) is 0 Å². The number of hydrogen-bond acceptors (Lipinski definition) is 5. The van der Waals surface area contributed by atoms with Crippen molar-refractivity contribution in [1.82, 2.24) is 0 Å². The maximum atomic E-state index is 14.0. The summed E-state index contributed by atoms with van der Waals surface area (Å²) in [5.74, 6) is -2.94. The minimum atomic E-state index is -1.14. The summed E-state index contributed by atoms with van der Waals surface area (Å²) in [5.41, 5.74) is 0.343. The second kappa shape index (κ2) is 8.74. The van der Waals surface area contributed by atoms with E-state index in [1.54, 1.807) is 12.1 Å². The number of ketones is 1. The Morgan fingerprint density at radius 1 is 0.909 bits per heavy atom. The molecule has 0 aromatic heterocycles. The van der Waals surface area contributed by atoms with Crippen LogP contribution in [0.1, 0.15) is 17.2 Å². The number of ether oxygens (including phenoxy) is 2. The van der Waals surface area contributed by atoms with Crippen molar-refractivity contribution in [2.75, 3.05) is 19.1 Å². The minimum absolute atomic E-state index is 0.114. The van der Waals surface area contributed by atoms with E-state index in [0.29, 0.717) is 11.3 Å². The molecule has 6 nitrogen and oxygen atoms in total. The number of benzene rings is 3. The van der Waals surface area contributed by atoms with Gasteiger partial charge in [-0.1, -0.05) is 18.2 Å². The first-order chi connectivity index (χ1) is 15.8. The lowest BCUT2D eigenvalue weighted by Crippen LogP contribution is -2.29. The molecule has 168 valence electrons. The van der Waals surface area contributed by atoms with Crippen LogP contribution in [-0.2, 0) is 9.59 Å². The van der Waals surface area contributed by atoms with Crippen LogP contribution in [0.3, 0.4) is 0 Å². The average molecular weight is 451 g/mol. The van der Waals surface area contributed by atoms with Crippen LogP contribution in [0.5, 0.6) is 11.5 Å². The minimum Gasteiger partial charge on any atom is -0.507 e. The number of aliphatic hydroxyl groups is 1. The van der Waals surface area contributed by atoms with E-state index in [0.717, 1.165) is 11.0 Å². The van der Waals surface area contributed by atoms with Crippen molar-refractivity contribution in [3.05, 3.63) is 95.1 Å². The first kappa shape index (κ1) is 22.0. The largest absolute Gasteiger partial charge is 0.507 e. The molecule has 1 aliphatic heterocycles. The van der Waals surface area contributed by atoms with Crippen molar-refractivity contribution >= 4 is 23.1 Å². The Bertz CT molecular complexity index is 1270. The van der Waals surface area contributed by atoms with Gasteiger partial charge in [-0.05, 0) is 54.1 Å². The number of Topliss-reactive ketones (excluding diaryl/α,β-unsaturated/α-hetero) is 1. The van der Waals surface area contributed by atoms with Crippen molar-refractivity contribution in [2.24, 2.45) is 0 Å². The van der Waals surface area contributed by atoms with Gasteiger partial charge in [-0.15, -0.1) is 0 Å². The number of carbonyl (C=O) groups is 2. The molecule has 1 fully saturated rings. The Labute approximate surface area is 188 Å². The quantitative estimate of drug-likeness (QED) is 0.348. The first-order valence-corrected chi connectivity index (χ1v) is 9.90. The maximum absolute atomic E-state index is 14.0. The van der Waals surface area contributed by atoms with Crippen molar-refractivity contribution in [1.29, 1.82) is 0 Å². The van der Waals surface area contributed by atoms with E-state index in [9.17, 15) is 23.5 Å². The van der Waals surface area contributed by atoms with Crippen LogP contribution in [0.25, 0.3) is 5.76 Å². The second-order valence-electron chi connectivity index (χ2n) is 7.27. The molecule has 33 heavy (non-hydrogen) atoms. The molecule has 0 saturated carbocycles. The van der Waals surface area contributed by atoms with Crippen LogP contribution in [-0.4, -0.2) is 31.0 Å². The molecule has 1 amide bonds. The van der Waals surface area contributed by atoms with E-state index in [4.69, 9.17) is 9.47 Å². The van der Waals surface area contributed by atoms with Crippen molar-refractivity contribution in [3.8, 4) is 11.5 Å². The molecule has 0 aliphatic carbocycles. The predicted molar refractivity (Wildman–Crippen MR) is 117 cm³/mol. The number of carbonyl (C=O) groups excluding carboxylic acids is 2. The molecule has 1 saturated heterocycles. The van der Waals surface area contributed by atoms with E-state index >= 15 is 0 Å². The van der Waals surface area contributed by atoms with Crippen LogP contribution < -0.4 is 14.4 Å². The fourth-order valence-electron chi connectivity index (χ4n) is 3.83. The van der Waals surface area contributed by atoms with Crippen LogP contribution in [0, 0.1) is 11.6 Å². The molecule has 1 heterocycles. The third kappa shape index (κ3) is 3.91.